The summed E-state index contributed by atoms with van der Waals surface area (Å²) < 4.78 is 39.5. The summed E-state index contributed by atoms with van der Waals surface area (Å²) in [6, 6.07) is 0. The number of carboxylic acids is 1. The Bertz CT molecular complexity index is 646. The summed E-state index contributed by atoms with van der Waals surface area (Å²) >= 11 is 0. The molecule has 9 heteroatoms. The summed E-state index contributed by atoms with van der Waals surface area (Å²) in [5.41, 5.74) is -0.746. The number of hydrogen-bond acceptors (Lipinski definition) is 4. The lowest BCUT2D eigenvalue weighted by Gasteiger charge is -2.28. The van der Waals surface area contributed by atoms with Gasteiger partial charge in [-0.15, -0.1) is 0 Å². The molecule has 0 fully saturated rings. The van der Waals surface area contributed by atoms with Crippen molar-refractivity contribution in [3.8, 4) is 0 Å². The lowest BCUT2D eigenvalue weighted by atomic mass is 9.84. The Kier molecular flexibility index (Phi) is 4.58. The summed E-state index contributed by atoms with van der Waals surface area (Å²) in [6.07, 6.45) is -4.18. The maximum Gasteiger partial charge on any atom is 0.433 e. The first-order valence-corrected chi connectivity index (χ1v) is 7.00. The van der Waals surface area contributed by atoms with Gasteiger partial charge >= 0.3 is 12.1 Å². The molecule has 0 radical (unpaired) electrons. The molecule has 1 atom stereocenters. The van der Waals surface area contributed by atoms with Crippen LogP contribution in [0.25, 0.3) is 0 Å². The molecule has 1 aromatic rings. The van der Waals surface area contributed by atoms with Gasteiger partial charge in [-0.2, -0.15) is 13.2 Å². The van der Waals surface area contributed by atoms with Crippen LogP contribution in [-0.2, 0) is 28.6 Å². The smallest absolute Gasteiger partial charge is 0.433 e. The summed E-state index contributed by atoms with van der Waals surface area (Å²) in [5.74, 6) is -2.30. The van der Waals surface area contributed by atoms with E-state index in [4.69, 9.17) is 5.11 Å². The number of carbonyl (C=O) groups excluding carboxylic acids is 1. The number of nitrogens with zero attached hydrogens (tertiary/aromatic N) is 3. The van der Waals surface area contributed by atoms with Crippen molar-refractivity contribution in [3.63, 3.8) is 0 Å². The van der Waals surface area contributed by atoms with E-state index in [1.165, 1.54) is 14.0 Å². The molecule has 6 nitrogen and oxygen atoms in total. The van der Waals surface area contributed by atoms with Gasteiger partial charge in [-0.3, -0.25) is 9.59 Å². The van der Waals surface area contributed by atoms with Gasteiger partial charge in [0.2, 0.25) is 5.91 Å². The van der Waals surface area contributed by atoms with Gasteiger partial charge < -0.3 is 10.0 Å². The Hall–Kier alpha value is -2.19. The van der Waals surface area contributed by atoms with E-state index in [2.05, 4.69) is 9.97 Å². The molecule has 2 rings (SSSR count). The SMILES string of the molecule is Cc1nc2c(c(C(F)(F)F)n1)C[C@H](C(=O)N(C)CC(=O)O)CC2. The van der Waals surface area contributed by atoms with Gasteiger partial charge in [0.25, 0.3) is 0 Å². The number of hydrogen-bond donors (Lipinski definition) is 1. The predicted molar refractivity (Wildman–Crippen MR) is 72.6 cm³/mol. The molecular weight excluding hydrogens is 315 g/mol. The fraction of sp³-hybridized carbons (Fsp3) is 0.571. The Morgan fingerprint density at radius 2 is 2.00 bits per heavy atom. The van der Waals surface area contributed by atoms with Crippen molar-refractivity contribution in [2.75, 3.05) is 13.6 Å². The summed E-state index contributed by atoms with van der Waals surface area (Å²) in [5, 5.41) is 8.71. The third-order valence-corrected chi connectivity index (χ3v) is 3.75. The fourth-order valence-electron chi connectivity index (χ4n) is 2.77. The first-order valence-electron chi connectivity index (χ1n) is 7.00. The number of likely N-dealkylation sites (N-methyl/N-ethyl adjacent to an activating group) is 1. The average molecular weight is 331 g/mol. The quantitative estimate of drug-likeness (QED) is 0.906. The first kappa shape index (κ1) is 17.2. The molecule has 0 unspecified atom stereocenters. The van der Waals surface area contributed by atoms with Crippen LogP contribution in [0.5, 0.6) is 0 Å². The Labute approximate surface area is 130 Å². The number of aromatic nitrogens is 2. The highest BCUT2D eigenvalue weighted by Crippen LogP contribution is 2.36. The second kappa shape index (κ2) is 6.13. The lowest BCUT2D eigenvalue weighted by Crippen LogP contribution is -2.39. The van der Waals surface area contributed by atoms with Gasteiger partial charge in [0.1, 0.15) is 12.4 Å². The number of aliphatic carboxylic acids is 1. The molecule has 1 aromatic heterocycles. The molecule has 0 aromatic carbocycles. The number of alkyl halides is 3. The van der Waals surface area contributed by atoms with Crippen LogP contribution in [0, 0.1) is 12.8 Å². The highest BCUT2D eigenvalue weighted by Gasteiger charge is 2.40. The second-order valence-corrected chi connectivity index (χ2v) is 5.57. The van der Waals surface area contributed by atoms with E-state index in [-0.39, 0.29) is 24.2 Å². The fourth-order valence-corrected chi connectivity index (χ4v) is 2.77. The molecule has 1 aliphatic rings. The minimum absolute atomic E-state index is 0.0452. The number of carboxylic acid groups (broad SMARTS) is 1. The largest absolute Gasteiger partial charge is 0.480 e. The summed E-state index contributed by atoms with van der Waals surface area (Å²) in [4.78, 5) is 31.4. The van der Waals surface area contributed by atoms with Gasteiger partial charge in [-0.25, -0.2) is 9.97 Å². The zero-order valence-corrected chi connectivity index (χ0v) is 12.6. The van der Waals surface area contributed by atoms with Gasteiger partial charge in [0.15, 0.2) is 5.69 Å². The topological polar surface area (TPSA) is 83.4 Å². The van der Waals surface area contributed by atoms with Crippen molar-refractivity contribution >= 4 is 11.9 Å². The molecule has 1 N–H and O–H groups in total. The Morgan fingerprint density at radius 1 is 1.35 bits per heavy atom. The first-order chi connectivity index (χ1) is 10.6. The van der Waals surface area contributed by atoms with Crippen molar-refractivity contribution in [2.24, 2.45) is 5.92 Å². The highest BCUT2D eigenvalue weighted by atomic mass is 19.4. The minimum Gasteiger partial charge on any atom is -0.480 e. The van der Waals surface area contributed by atoms with Crippen LogP contribution in [0.2, 0.25) is 0 Å². The Morgan fingerprint density at radius 3 is 2.57 bits per heavy atom. The van der Waals surface area contributed by atoms with Gasteiger partial charge in [-0.1, -0.05) is 0 Å². The molecule has 0 spiro atoms. The molecular formula is C14H16F3N3O3. The zero-order valence-electron chi connectivity index (χ0n) is 12.6. The van der Waals surface area contributed by atoms with Gasteiger partial charge in [0, 0.05) is 24.2 Å². The third kappa shape index (κ3) is 3.77. The van der Waals surface area contributed by atoms with Crippen LogP contribution in [0.4, 0.5) is 13.2 Å². The number of rotatable bonds is 3. The van der Waals surface area contributed by atoms with Crippen LogP contribution in [0.3, 0.4) is 0 Å². The number of halogens is 3. The van der Waals surface area contributed by atoms with Crippen LogP contribution in [-0.4, -0.2) is 45.4 Å². The predicted octanol–water partition coefficient (Wildman–Crippen LogP) is 1.45. The molecule has 0 saturated carbocycles. The normalized spacial score (nSPS) is 17.5. The highest BCUT2D eigenvalue weighted by molar-refractivity contribution is 5.83. The molecule has 0 aliphatic heterocycles. The molecule has 1 aliphatic carbocycles. The van der Waals surface area contributed by atoms with Crippen molar-refractivity contribution in [1.82, 2.24) is 14.9 Å². The van der Waals surface area contributed by atoms with Gasteiger partial charge in [0.05, 0.1) is 0 Å². The van der Waals surface area contributed by atoms with E-state index < -0.39 is 36.2 Å². The summed E-state index contributed by atoms with van der Waals surface area (Å²) in [7, 11) is 1.32. The van der Waals surface area contributed by atoms with E-state index in [0.29, 0.717) is 12.1 Å². The minimum atomic E-state index is -4.62. The van der Waals surface area contributed by atoms with Crippen LogP contribution in [0.15, 0.2) is 0 Å². The van der Waals surface area contributed by atoms with Crippen LogP contribution in [0.1, 0.15) is 29.2 Å². The van der Waals surface area contributed by atoms with Crippen molar-refractivity contribution in [3.05, 3.63) is 22.8 Å². The standard InChI is InChI=1S/C14H16F3N3O3/c1-7-18-10-4-3-8(13(23)20(2)6-11(21)22)5-9(10)12(19-7)14(15,16)17/h8H,3-6H2,1-2H3,(H,21,22)/t8-/m1/s1. The monoisotopic (exact) mass is 331 g/mol. The maximum absolute atomic E-state index is 13.2. The molecule has 126 valence electrons. The zero-order chi connectivity index (χ0) is 17.4. The molecule has 0 saturated heterocycles. The van der Waals surface area contributed by atoms with E-state index in [1.54, 1.807) is 0 Å². The van der Waals surface area contributed by atoms with Crippen molar-refractivity contribution in [1.29, 1.82) is 0 Å². The summed E-state index contributed by atoms with van der Waals surface area (Å²) in [6.45, 7) is 0.909. The average Bonchev–Trinajstić information content (AvgIpc) is 2.43. The van der Waals surface area contributed by atoms with Gasteiger partial charge in [-0.05, 0) is 26.2 Å². The Balaban J connectivity index is 2.30. The van der Waals surface area contributed by atoms with Crippen molar-refractivity contribution in [2.45, 2.75) is 32.4 Å². The maximum atomic E-state index is 13.2. The number of amides is 1. The van der Waals surface area contributed by atoms with Crippen LogP contribution >= 0.6 is 0 Å². The third-order valence-electron chi connectivity index (χ3n) is 3.75. The lowest BCUT2D eigenvalue weighted by molar-refractivity contribution is -0.145. The van der Waals surface area contributed by atoms with E-state index in [0.717, 1.165) is 4.90 Å². The second-order valence-electron chi connectivity index (χ2n) is 5.57. The number of carbonyl (C=O) groups is 2. The number of aryl methyl sites for hydroxylation is 2. The number of fused-ring (bicyclic) bond motifs is 1. The van der Waals surface area contributed by atoms with E-state index in [1.807, 2.05) is 0 Å². The van der Waals surface area contributed by atoms with Crippen LogP contribution < -0.4 is 0 Å². The van der Waals surface area contributed by atoms with E-state index >= 15 is 0 Å². The molecule has 1 amide bonds. The molecule has 0 bridgehead atoms. The van der Waals surface area contributed by atoms with E-state index in [9.17, 15) is 22.8 Å². The molecule has 1 heterocycles. The van der Waals surface area contributed by atoms with Crippen molar-refractivity contribution < 1.29 is 27.9 Å². The molecule has 23 heavy (non-hydrogen) atoms.